The molecule has 1 fully saturated rings. The Labute approximate surface area is 183 Å². The zero-order valence-electron chi connectivity index (χ0n) is 18.1. The van der Waals surface area contributed by atoms with E-state index in [2.05, 4.69) is 25.8 Å². The quantitative estimate of drug-likeness (QED) is 0.502. The lowest BCUT2D eigenvalue weighted by Crippen LogP contribution is -2.40. The third kappa shape index (κ3) is 5.57. The highest BCUT2D eigenvalue weighted by Gasteiger charge is 2.33. The number of carbonyl (C=O) groups is 2. The highest BCUT2D eigenvalue weighted by molar-refractivity contribution is 7.89. The van der Waals surface area contributed by atoms with Crippen LogP contribution < -0.4 is 0 Å². The van der Waals surface area contributed by atoms with Crippen molar-refractivity contribution in [2.75, 3.05) is 19.7 Å². The molecule has 0 unspecified atom stereocenters. The van der Waals surface area contributed by atoms with E-state index < -0.39 is 21.9 Å². The minimum atomic E-state index is -3.62. The number of rotatable bonds is 6. The molecule has 0 radical (unpaired) electrons. The van der Waals surface area contributed by atoms with Gasteiger partial charge in [-0.2, -0.15) is 4.31 Å². The Kier molecular flexibility index (Phi) is 6.91. The van der Waals surface area contributed by atoms with Gasteiger partial charge in [0.2, 0.25) is 10.0 Å². The second kappa shape index (κ2) is 9.28. The van der Waals surface area contributed by atoms with Crippen molar-refractivity contribution in [1.29, 1.82) is 0 Å². The van der Waals surface area contributed by atoms with Crippen LogP contribution in [0.5, 0.6) is 0 Å². The van der Waals surface area contributed by atoms with Crippen LogP contribution in [0.15, 0.2) is 53.7 Å². The minimum absolute atomic E-state index is 0.00654. The first kappa shape index (κ1) is 23.1. The standard InChI is InChI=1S/C23H28N2O5S/c1-23(2,3)19-8-6-17(7-9-19)21(26)16-30-22(27)18-10-13-25(14-11-18)31(28,29)20-5-4-12-24-15-20/h4-9,12,15,18H,10-11,13-14,16H2,1-3H3. The van der Waals surface area contributed by atoms with Gasteiger partial charge in [0.15, 0.2) is 12.4 Å². The van der Waals surface area contributed by atoms with Gasteiger partial charge in [-0.1, -0.05) is 45.0 Å². The van der Waals surface area contributed by atoms with Crippen molar-refractivity contribution in [2.24, 2.45) is 5.92 Å². The summed E-state index contributed by atoms with van der Waals surface area (Å²) >= 11 is 0. The number of piperidine rings is 1. The van der Waals surface area contributed by atoms with Crippen LogP contribution in [-0.2, 0) is 25.0 Å². The van der Waals surface area contributed by atoms with Gasteiger partial charge in [0, 0.05) is 31.0 Å². The minimum Gasteiger partial charge on any atom is -0.457 e. The SMILES string of the molecule is CC(C)(C)c1ccc(C(=O)COC(=O)C2CCN(S(=O)(=O)c3cccnc3)CC2)cc1. The number of esters is 1. The zero-order chi connectivity index (χ0) is 22.6. The van der Waals surface area contributed by atoms with Gasteiger partial charge < -0.3 is 4.74 Å². The summed E-state index contributed by atoms with van der Waals surface area (Å²) in [4.78, 5) is 28.8. The van der Waals surface area contributed by atoms with Crippen LogP contribution in [0, 0.1) is 5.92 Å². The maximum atomic E-state index is 12.6. The van der Waals surface area contributed by atoms with Crippen LogP contribution in [0.3, 0.4) is 0 Å². The molecule has 2 heterocycles. The lowest BCUT2D eigenvalue weighted by molar-refractivity contribution is -0.148. The van der Waals surface area contributed by atoms with E-state index in [1.807, 2.05) is 12.1 Å². The monoisotopic (exact) mass is 444 g/mol. The van der Waals surface area contributed by atoms with Crippen LogP contribution in [-0.4, -0.2) is 49.2 Å². The number of hydrogen-bond acceptors (Lipinski definition) is 6. The molecular formula is C23H28N2O5S. The van der Waals surface area contributed by atoms with Crippen molar-refractivity contribution in [3.63, 3.8) is 0 Å². The second-order valence-electron chi connectivity index (χ2n) is 8.73. The van der Waals surface area contributed by atoms with E-state index in [-0.39, 0.29) is 35.8 Å². The Bertz CT molecular complexity index is 1020. The van der Waals surface area contributed by atoms with E-state index in [1.165, 1.54) is 22.8 Å². The normalized spacial score (nSPS) is 16.1. The van der Waals surface area contributed by atoms with Gasteiger partial charge in [-0.3, -0.25) is 14.6 Å². The molecule has 1 aliphatic rings. The van der Waals surface area contributed by atoms with Crippen LogP contribution in [0.4, 0.5) is 0 Å². The molecule has 0 bridgehead atoms. The Morgan fingerprint density at radius 1 is 1.10 bits per heavy atom. The van der Waals surface area contributed by atoms with Crippen molar-refractivity contribution in [1.82, 2.24) is 9.29 Å². The van der Waals surface area contributed by atoms with Crippen LogP contribution in [0.1, 0.15) is 49.5 Å². The van der Waals surface area contributed by atoms with E-state index in [4.69, 9.17) is 4.74 Å². The summed E-state index contributed by atoms with van der Waals surface area (Å²) in [7, 11) is -3.62. The Balaban J connectivity index is 1.51. The van der Waals surface area contributed by atoms with E-state index in [9.17, 15) is 18.0 Å². The van der Waals surface area contributed by atoms with Crippen LogP contribution in [0.25, 0.3) is 0 Å². The molecule has 1 aromatic carbocycles. The number of Topliss-reactive ketones (excluding diaryl/α,β-unsaturated/α-hetero) is 1. The number of nitrogens with zero attached hydrogens (tertiary/aromatic N) is 2. The molecule has 1 aromatic heterocycles. The van der Waals surface area contributed by atoms with Crippen LogP contribution >= 0.6 is 0 Å². The van der Waals surface area contributed by atoms with Gasteiger partial charge in [-0.15, -0.1) is 0 Å². The number of aromatic nitrogens is 1. The molecular weight excluding hydrogens is 416 g/mol. The molecule has 0 spiro atoms. The molecule has 3 rings (SSSR count). The number of sulfonamides is 1. The number of benzene rings is 1. The molecule has 0 atom stereocenters. The molecule has 1 saturated heterocycles. The topological polar surface area (TPSA) is 93.6 Å². The highest BCUT2D eigenvalue weighted by Crippen LogP contribution is 2.25. The number of ketones is 1. The van der Waals surface area contributed by atoms with Gasteiger partial charge in [0.1, 0.15) is 4.90 Å². The fourth-order valence-corrected chi connectivity index (χ4v) is 4.91. The summed E-state index contributed by atoms with van der Waals surface area (Å²) in [5.41, 5.74) is 1.61. The Morgan fingerprint density at radius 2 is 1.74 bits per heavy atom. The number of carbonyl (C=O) groups excluding carboxylic acids is 2. The Hall–Kier alpha value is -2.58. The van der Waals surface area contributed by atoms with E-state index >= 15 is 0 Å². The van der Waals surface area contributed by atoms with Gasteiger partial charge in [-0.25, -0.2) is 8.42 Å². The molecule has 0 N–H and O–H groups in total. The predicted octanol–water partition coefficient (Wildman–Crippen LogP) is 3.21. The maximum absolute atomic E-state index is 12.6. The van der Waals surface area contributed by atoms with Gasteiger partial charge in [-0.05, 0) is 36.0 Å². The first-order valence-electron chi connectivity index (χ1n) is 10.3. The molecule has 0 amide bonds. The highest BCUT2D eigenvalue weighted by atomic mass is 32.2. The first-order chi connectivity index (χ1) is 14.6. The van der Waals surface area contributed by atoms with E-state index in [0.717, 1.165) is 5.56 Å². The number of pyridine rings is 1. The lowest BCUT2D eigenvalue weighted by Gasteiger charge is -2.29. The smallest absolute Gasteiger partial charge is 0.309 e. The molecule has 8 heteroatoms. The van der Waals surface area contributed by atoms with Crippen molar-refractivity contribution in [2.45, 2.75) is 43.9 Å². The molecule has 0 aliphatic carbocycles. The third-order valence-electron chi connectivity index (χ3n) is 5.48. The summed E-state index contributed by atoms with van der Waals surface area (Å²) in [6, 6.07) is 10.4. The Morgan fingerprint density at radius 3 is 2.29 bits per heavy atom. The number of ether oxygens (including phenoxy) is 1. The predicted molar refractivity (Wildman–Crippen MR) is 116 cm³/mol. The van der Waals surface area contributed by atoms with E-state index in [1.54, 1.807) is 18.2 Å². The summed E-state index contributed by atoms with van der Waals surface area (Å²) in [5, 5.41) is 0. The summed E-state index contributed by atoms with van der Waals surface area (Å²) in [6.07, 6.45) is 3.54. The van der Waals surface area contributed by atoms with Gasteiger partial charge in [0.25, 0.3) is 0 Å². The molecule has 1 aliphatic heterocycles. The second-order valence-corrected chi connectivity index (χ2v) is 10.7. The number of hydrogen-bond donors (Lipinski definition) is 0. The van der Waals surface area contributed by atoms with Gasteiger partial charge >= 0.3 is 5.97 Å². The molecule has 7 nitrogen and oxygen atoms in total. The van der Waals surface area contributed by atoms with Crippen molar-refractivity contribution >= 4 is 21.8 Å². The van der Waals surface area contributed by atoms with Gasteiger partial charge in [0.05, 0.1) is 5.92 Å². The average molecular weight is 445 g/mol. The van der Waals surface area contributed by atoms with Crippen molar-refractivity contribution in [3.05, 3.63) is 59.9 Å². The first-order valence-corrected chi connectivity index (χ1v) is 11.7. The fourth-order valence-electron chi connectivity index (χ4n) is 3.47. The third-order valence-corrected chi connectivity index (χ3v) is 7.36. The fraction of sp³-hybridized carbons (Fsp3) is 0.435. The summed E-state index contributed by atoms with van der Waals surface area (Å²) in [5.74, 6) is -1.14. The zero-order valence-corrected chi connectivity index (χ0v) is 18.9. The summed E-state index contributed by atoms with van der Waals surface area (Å²) < 4.78 is 31.9. The molecule has 0 saturated carbocycles. The summed E-state index contributed by atoms with van der Waals surface area (Å²) in [6.45, 7) is 6.41. The van der Waals surface area contributed by atoms with E-state index in [0.29, 0.717) is 18.4 Å². The molecule has 31 heavy (non-hydrogen) atoms. The van der Waals surface area contributed by atoms with Crippen molar-refractivity contribution < 1.29 is 22.7 Å². The van der Waals surface area contributed by atoms with Crippen molar-refractivity contribution in [3.8, 4) is 0 Å². The largest absolute Gasteiger partial charge is 0.457 e. The van der Waals surface area contributed by atoms with Crippen LogP contribution in [0.2, 0.25) is 0 Å². The molecule has 2 aromatic rings. The maximum Gasteiger partial charge on any atom is 0.309 e. The molecule has 166 valence electrons. The lowest BCUT2D eigenvalue weighted by atomic mass is 9.86. The average Bonchev–Trinajstić information content (AvgIpc) is 2.77.